The van der Waals surface area contributed by atoms with Gasteiger partial charge in [-0.3, -0.25) is 28.8 Å². The van der Waals surface area contributed by atoms with Crippen molar-refractivity contribution >= 4 is 29.2 Å². The van der Waals surface area contributed by atoms with Crippen molar-refractivity contribution in [1.29, 1.82) is 0 Å². The number of nitrogens with one attached hydrogen (secondary N) is 2. The van der Waals surface area contributed by atoms with E-state index in [0.29, 0.717) is 17.9 Å². The van der Waals surface area contributed by atoms with Crippen LogP contribution < -0.4 is 16.2 Å². The van der Waals surface area contributed by atoms with Crippen LogP contribution in [-0.4, -0.2) is 46.8 Å². The highest BCUT2D eigenvalue weighted by molar-refractivity contribution is 6.36. The molecule has 0 aliphatic carbocycles. The number of carbonyl (C=O) groups is 5. The minimum Gasteiger partial charge on any atom is -0.353 e. The topological polar surface area (TPSA) is 131 Å². The molecule has 2 N–H and O–H groups in total. The third kappa shape index (κ3) is 9.21. The Bertz CT molecular complexity index is 1180. The lowest BCUT2D eigenvalue weighted by molar-refractivity contribution is -0.137. The molecule has 0 radical (unpaired) electrons. The second-order valence-electron chi connectivity index (χ2n) is 9.30. The van der Waals surface area contributed by atoms with E-state index in [4.69, 9.17) is 0 Å². The van der Waals surface area contributed by atoms with Crippen molar-refractivity contribution < 1.29 is 24.0 Å². The Morgan fingerprint density at radius 1 is 0.895 bits per heavy atom. The summed E-state index contributed by atoms with van der Waals surface area (Å²) in [6.45, 7) is 4.11. The van der Waals surface area contributed by atoms with E-state index in [2.05, 4.69) is 24.5 Å². The Kier molecular flexibility index (Phi) is 12.3. The van der Waals surface area contributed by atoms with Crippen molar-refractivity contribution in [3.63, 3.8) is 0 Å². The second kappa shape index (κ2) is 15.4. The number of carbonyl (C=O) groups excluding carboxylic acids is 5. The van der Waals surface area contributed by atoms with Gasteiger partial charge < -0.3 is 15.2 Å². The maximum Gasteiger partial charge on any atom is 0.287 e. The number of rotatable bonds is 16. The molecule has 2 rings (SSSR count). The number of pyridine rings is 1. The smallest absolute Gasteiger partial charge is 0.287 e. The van der Waals surface area contributed by atoms with Gasteiger partial charge in [0.25, 0.3) is 17.4 Å². The Labute approximate surface area is 223 Å². The van der Waals surface area contributed by atoms with Crippen LogP contribution in [0.3, 0.4) is 0 Å². The number of Topliss-reactive ketones (excluding diaryl/α,β-unsaturated/α-hetero) is 3. The van der Waals surface area contributed by atoms with Gasteiger partial charge in [0.15, 0.2) is 11.6 Å². The zero-order valence-corrected chi connectivity index (χ0v) is 22.3. The first-order valence-corrected chi connectivity index (χ1v) is 13.0. The Hall–Kier alpha value is -3.88. The molecule has 0 fully saturated rings. The van der Waals surface area contributed by atoms with Crippen LogP contribution >= 0.6 is 0 Å². The molecule has 204 valence electrons. The lowest BCUT2D eigenvalue weighted by atomic mass is 9.96. The fourth-order valence-corrected chi connectivity index (χ4v) is 4.16. The summed E-state index contributed by atoms with van der Waals surface area (Å²) in [5.41, 5.74) is 0.0603. The fourth-order valence-electron chi connectivity index (χ4n) is 4.16. The SMILES string of the molecule is CCC(CC)CCC(=O)Cn1cccc(CC(=O)[C@H](CCC(=O)C(=O)NC)NC(=O)c2ccccc2)c1=O. The summed E-state index contributed by atoms with van der Waals surface area (Å²) in [5, 5.41) is 4.88. The summed E-state index contributed by atoms with van der Waals surface area (Å²) < 4.78 is 1.30. The zero-order chi connectivity index (χ0) is 28.1. The summed E-state index contributed by atoms with van der Waals surface area (Å²) in [5.74, 6) is -2.07. The number of ketones is 3. The molecule has 1 aromatic carbocycles. The average Bonchev–Trinajstić information content (AvgIpc) is 2.93. The largest absolute Gasteiger partial charge is 0.353 e. The molecule has 0 aliphatic heterocycles. The van der Waals surface area contributed by atoms with Crippen LogP contribution in [0.2, 0.25) is 0 Å². The van der Waals surface area contributed by atoms with Gasteiger partial charge in [-0.1, -0.05) is 51.0 Å². The van der Waals surface area contributed by atoms with Crippen molar-refractivity contribution in [1.82, 2.24) is 15.2 Å². The van der Waals surface area contributed by atoms with E-state index in [1.807, 2.05) is 0 Å². The predicted octanol–water partition coefficient (Wildman–Crippen LogP) is 2.64. The van der Waals surface area contributed by atoms with E-state index in [0.717, 1.165) is 19.3 Å². The van der Waals surface area contributed by atoms with Crippen molar-refractivity contribution in [2.45, 2.75) is 71.4 Å². The summed E-state index contributed by atoms with van der Waals surface area (Å²) >= 11 is 0. The van der Waals surface area contributed by atoms with Gasteiger partial charge in [-0.05, 0) is 37.0 Å². The summed E-state index contributed by atoms with van der Waals surface area (Å²) in [6, 6.07) is 10.3. The minimum atomic E-state index is -1.09. The molecule has 0 unspecified atom stereocenters. The lowest BCUT2D eigenvalue weighted by Crippen LogP contribution is -2.43. The maximum absolute atomic E-state index is 13.2. The molecular weight excluding hydrogens is 486 g/mol. The molecule has 2 amide bonds. The molecule has 1 aromatic heterocycles. The molecule has 0 bridgehead atoms. The van der Waals surface area contributed by atoms with Crippen LogP contribution in [-0.2, 0) is 32.1 Å². The number of amides is 2. The molecule has 0 spiro atoms. The number of likely N-dealkylation sites (N-methyl/N-ethyl adjacent to an activating group) is 1. The monoisotopic (exact) mass is 523 g/mol. The number of hydrogen-bond acceptors (Lipinski definition) is 6. The van der Waals surface area contributed by atoms with E-state index < -0.39 is 35.0 Å². The Morgan fingerprint density at radius 3 is 2.21 bits per heavy atom. The van der Waals surface area contributed by atoms with Crippen LogP contribution in [0.1, 0.15) is 68.3 Å². The van der Waals surface area contributed by atoms with Gasteiger partial charge in [-0.15, -0.1) is 0 Å². The van der Waals surface area contributed by atoms with Crippen LogP contribution in [0.25, 0.3) is 0 Å². The predicted molar refractivity (Wildman–Crippen MR) is 144 cm³/mol. The lowest BCUT2D eigenvalue weighted by Gasteiger charge is -2.18. The van der Waals surface area contributed by atoms with E-state index in [1.54, 1.807) is 36.4 Å². The zero-order valence-electron chi connectivity index (χ0n) is 22.3. The van der Waals surface area contributed by atoms with Crippen LogP contribution in [0.5, 0.6) is 0 Å². The number of aromatic nitrogens is 1. The molecule has 9 nitrogen and oxygen atoms in total. The molecular formula is C29H37N3O6. The third-order valence-corrected chi connectivity index (χ3v) is 6.67. The van der Waals surface area contributed by atoms with E-state index in [1.165, 1.54) is 23.9 Å². The van der Waals surface area contributed by atoms with Gasteiger partial charge in [-0.25, -0.2) is 0 Å². The van der Waals surface area contributed by atoms with Gasteiger partial charge in [-0.2, -0.15) is 0 Å². The first-order chi connectivity index (χ1) is 18.2. The number of nitrogens with zero attached hydrogens (tertiary/aromatic N) is 1. The number of benzene rings is 1. The van der Waals surface area contributed by atoms with E-state index in [-0.39, 0.29) is 37.2 Å². The Balaban J connectivity index is 2.15. The van der Waals surface area contributed by atoms with Gasteiger partial charge in [0.1, 0.15) is 0 Å². The highest BCUT2D eigenvalue weighted by Crippen LogP contribution is 2.15. The standard InChI is InChI=1S/C29H37N3O6/c1-4-20(5-2)13-14-23(33)19-32-17-9-12-22(29(32)38)18-26(35)24(15-16-25(34)28(37)30-3)31-27(36)21-10-7-6-8-11-21/h6-12,17,20,24H,4-5,13-16,18-19H2,1-3H3,(H,30,37)(H,31,36)/t24-/m0/s1. The molecule has 0 saturated carbocycles. The molecule has 0 saturated heterocycles. The Morgan fingerprint density at radius 2 is 1.58 bits per heavy atom. The van der Waals surface area contributed by atoms with Crippen molar-refractivity contribution in [2.24, 2.45) is 5.92 Å². The highest BCUT2D eigenvalue weighted by Gasteiger charge is 2.25. The normalized spacial score (nSPS) is 11.6. The van der Waals surface area contributed by atoms with E-state index in [9.17, 15) is 28.8 Å². The van der Waals surface area contributed by atoms with Gasteiger partial charge >= 0.3 is 0 Å². The molecule has 9 heteroatoms. The molecule has 0 aliphatic rings. The maximum atomic E-state index is 13.2. The fraction of sp³-hybridized carbons (Fsp3) is 0.448. The summed E-state index contributed by atoms with van der Waals surface area (Å²) in [4.78, 5) is 75.1. The van der Waals surface area contributed by atoms with Crippen LogP contribution in [0.15, 0.2) is 53.5 Å². The number of hydrogen-bond donors (Lipinski definition) is 2. The highest BCUT2D eigenvalue weighted by atomic mass is 16.2. The summed E-state index contributed by atoms with van der Waals surface area (Å²) in [7, 11) is 1.33. The van der Waals surface area contributed by atoms with Crippen molar-refractivity contribution in [3.8, 4) is 0 Å². The van der Waals surface area contributed by atoms with Gasteiger partial charge in [0.05, 0.1) is 12.6 Å². The van der Waals surface area contributed by atoms with Crippen LogP contribution in [0.4, 0.5) is 0 Å². The first-order valence-electron chi connectivity index (χ1n) is 13.0. The van der Waals surface area contributed by atoms with Gasteiger partial charge in [0, 0.05) is 43.6 Å². The van der Waals surface area contributed by atoms with Crippen molar-refractivity contribution in [3.05, 3.63) is 70.1 Å². The van der Waals surface area contributed by atoms with Crippen molar-refractivity contribution in [2.75, 3.05) is 7.05 Å². The molecule has 1 heterocycles. The first kappa shape index (κ1) is 30.3. The van der Waals surface area contributed by atoms with E-state index >= 15 is 0 Å². The second-order valence-corrected chi connectivity index (χ2v) is 9.30. The molecule has 38 heavy (non-hydrogen) atoms. The molecule has 1 atom stereocenters. The third-order valence-electron chi connectivity index (χ3n) is 6.67. The minimum absolute atomic E-state index is 0.0526. The average molecular weight is 524 g/mol. The summed E-state index contributed by atoms with van der Waals surface area (Å²) in [6.07, 6.45) is 4.02. The molecule has 2 aromatic rings. The van der Waals surface area contributed by atoms with Gasteiger partial charge in [0.2, 0.25) is 5.78 Å². The quantitative estimate of drug-likeness (QED) is 0.325. The van der Waals surface area contributed by atoms with Crippen LogP contribution in [0, 0.1) is 5.92 Å².